The summed E-state index contributed by atoms with van der Waals surface area (Å²) in [6.07, 6.45) is 14.6. The van der Waals surface area contributed by atoms with Gasteiger partial charge in [-0.25, -0.2) is 0 Å². The highest BCUT2D eigenvalue weighted by Crippen LogP contribution is 2.85. The van der Waals surface area contributed by atoms with E-state index in [4.69, 9.17) is 4.74 Å². The molecule has 7 aromatic rings. The molecule has 288 valence electrons. The van der Waals surface area contributed by atoms with Crippen molar-refractivity contribution in [3.63, 3.8) is 0 Å². The summed E-state index contributed by atoms with van der Waals surface area (Å²) in [6.45, 7) is 0.0290. The monoisotopic (exact) mass is 772 g/mol. The smallest absolute Gasteiger partial charge is 0.333 e. The molecule has 3 aliphatic heterocycles. The Hall–Kier alpha value is -5.22. The van der Waals surface area contributed by atoms with Crippen LogP contribution in [0, 0.1) is 46.3 Å². The van der Waals surface area contributed by atoms with E-state index in [0.29, 0.717) is 21.7 Å². The maximum Gasteiger partial charge on any atom is 0.333 e. The minimum atomic E-state index is 0.0290. The van der Waals surface area contributed by atoms with E-state index in [-0.39, 0.29) is 6.85 Å². The Morgan fingerprint density at radius 1 is 0.583 bits per heavy atom. The summed E-state index contributed by atoms with van der Waals surface area (Å²) in [5, 5.41) is 3.01. The van der Waals surface area contributed by atoms with E-state index in [2.05, 4.69) is 125 Å². The topological polar surface area (TPSA) is 17.4 Å². The molecule has 4 heteroatoms. The first-order valence-electron chi connectivity index (χ1n) is 23.6. The minimum absolute atomic E-state index is 0.0290. The van der Waals surface area contributed by atoms with Gasteiger partial charge in [0, 0.05) is 22.0 Å². The van der Waals surface area contributed by atoms with Gasteiger partial charge in [-0.3, -0.25) is 0 Å². The molecule has 2 spiro atoms. The Morgan fingerprint density at radius 3 is 2.25 bits per heavy atom. The molecule has 60 heavy (non-hydrogen) atoms. The van der Waals surface area contributed by atoms with Crippen LogP contribution in [0.25, 0.3) is 49.7 Å². The van der Waals surface area contributed by atoms with Gasteiger partial charge in [-0.1, -0.05) is 66.7 Å². The average Bonchev–Trinajstić information content (AvgIpc) is 4.11. The third kappa shape index (κ3) is 3.04. The number of nitrogens with zero attached hydrogens (tertiary/aromatic N) is 2. The minimum Gasteiger partial charge on any atom is -0.453 e. The Bertz CT molecular complexity index is 3220. The molecular weight excluding hydrogens is 727 g/mol. The summed E-state index contributed by atoms with van der Waals surface area (Å²) in [5.41, 5.74) is 20.0. The van der Waals surface area contributed by atoms with Gasteiger partial charge in [0.1, 0.15) is 5.75 Å². The van der Waals surface area contributed by atoms with Crippen LogP contribution in [0.2, 0.25) is 0 Å². The van der Waals surface area contributed by atoms with Crippen LogP contribution < -0.4 is 20.5 Å². The fourth-order valence-electron chi connectivity index (χ4n) is 19.1. The number of anilines is 2. The van der Waals surface area contributed by atoms with Gasteiger partial charge < -0.3 is 14.1 Å². The van der Waals surface area contributed by atoms with Crippen LogP contribution >= 0.6 is 0 Å². The summed E-state index contributed by atoms with van der Waals surface area (Å²) in [6, 6.07) is 45.3. The SMILES string of the molecule is c1ccc(-c2cc3c4c(c2)-n2c5ccc(C67CC8CC9CC8(C6)C9C7)cc5c5cc(C67CC8CC9CC(C6)C98C7)cc(c52)B4N2c4ccccc4Oc4cccc-3c42)cc1. The Kier molecular flexibility index (Phi) is 4.78. The second-order valence-corrected chi connectivity index (χ2v) is 22.5. The molecule has 4 heterocycles. The molecule has 0 N–H and O–H groups in total. The van der Waals surface area contributed by atoms with Gasteiger partial charge in [-0.15, -0.1) is 0 Å². The molecule has 3 nitrogen and oxygen atoms in total. The molecular formula is C56H45BN2O. The quantitative estimate of drug-likeness (QED) is 0.166. The highest BCUT2D eigenvalue weighted by molar-refractivity contribution is 6.93. The van der Waals surface area contributed by atoms with Crippen LogP contribution in [-0.2, 0) is 10.8 Å². The van der Waals surface area contributed by atoms with Gasteiger partial charge in [0.2, 0.25) is 0 Å². The van der Waals surface area contributed by atoms with Crippen molar-refractivity contribution in [1.29, 1.82) is 0 Å². The molecule has 19 rings (SSSR count). The molecule has 0 saturated heterocycles. The van der Waals surface area contributed by atoms with E-state index < -0.39 is 0 Å². The predicted molar refractivity (Wildman–Crippen MR) is 241 cm³/mol. The summed E-state index contributed by atoms with van der Waals surface area (Å²) >= 11 is 0. The second-order valence-electron chi connectivity index (χ2n) is 22.5. The van der Waals surface area contributed by atoms with E-state index in [1.54, 1.807) is 11.1 Å². The predicted octanol–water partition coefficient (Wildman–Crippen LogP) is 11.9. The van der Waals surface area contributed by atoms with Gasteiger partial charge in [0.15, 0.2) is 5.75 Å². The molecule has 7 atom stereocenters. The van der Waals surface area contributed by atoms with Gasteiger partial charge in [0.25, 0.3) is 0 Å². The van der Waals surface area contributed by atoms with Gasteiger partial charge in [-0.2, -0.15) is 0 Å². The lowest BCUT2D eigenvalue weighted by atomic mass is 9.38. The first-order valence-corrected chi connectivity index (χ1v) is 23.6. The maximum atomic E-state index is 6.84. The van der Waals surface area contributed by atoms with Crippen molar-refractivity contribution in [3.8, 4) is 39.4 Å². The second kappa shape index (κ2) is 9.32. The number of para-hydroxylation sites is 3. The number of hydrogen-bond acceptors (Lipinski definition) is 2. The van der Waals surface area contributed by atoms with E-state index >= 15 is 0 Å². The first kappa shape index (κ1) is 30.8. The van der Waals surface area contributed by atoms with Crippen molar-refractivity contribution in [2.24, 2.45) is 46.3 Å². The van der Waals surface area contributed by atoms with Crippen LogP contribution in [0.5, 0.6) is 11.5 Å². The number of benzene rings is 6. The maximum absolute atomic E-state index is 6.84. The summed E-state index contributed by atoms with van der Waals surface area (Å²) in [7, 11) is 0. The Morgan fingerprint density at radius 2 is 1.40 bits per heavy atom. The lowest BCUT2D eigenvalue weighted by Gasteiger charge is -2.66. The molecule has 1 aromatic heterocycles. The number of ether oxygens (including phenoxy) is 1. The van der Waals surface area contributed by atoms with Crippen molar-refractivity contribution < 1.29 is 4.74 Å². The first-order chi connectivity index (χ1) is 29.5. The summed E-state index contributed by atoms with van der Waals surface area (Å²) in [4.78, 5) is 2.71. The zero-order valence-electron chi connectivity index (χ0n) is 33.9. The van der Waals surface area contributed by atoms with Gasteiger partial charge in [0.05, 0.1) is 22.4 Å². The number of rotatable bonds is 3. The molecule has 7 unspecified atom stereocenters. The summed E-state index contributed by atoms with van der Waals surface area (Å²) in [5.74, 6) is 7.83. The highest BCUT2D eigenvalue weighted by atomic mass is 16.5. The third-order valence-corrected chi connectivity index (χ3v) is 20.9. The van der Waals surface area contributed by atoms with E-state index in [1.165, 1.54) is 136 Å². The molecule has 9 saturated carbocycles. The zero-order chi connectivity index (χ0) is 38.2. The van der Waals surface area contributed by atoms with E-state index in [0.717, 1.165) is 47.0 Å². The van der Waals surface area contributed by atoms with Crippen molar-refractivity contribution in [3.05, 3.63) is 126 Å². The molecule has 12 aliphatic rings. The average molecular weight is 773 g/mol. The highest BCUT2D eigenvalue weighted by Gasteiger charge is 2.78. The van der Waals surface area contributed by atoms with Crippen LogP contribution in [-0.4, -0.2) is 11.4 Å². The number of hydrogen-bond donors (Lipinski definition) is 0. The number of aromatic nitrogens is 1. The molecule has 9 aliphatic carbocycles. The van der Waals surface area contributed by atoms with E-state index in [1.807, 2.05) is 0 Å². The molecule has 0 amide bonds. The van der Waals surface area contributed by atoms with Crippen molar-refractivity contribution >= 4 is 51.0 Å². The van der Waals surface area contributed by atoms with Crippen LogP contribution in [0.15, 0.2) is 115 Å². The van der Waals surface area contributed by atoms with Crippen molar-refractivity contribution in [2.45, 2.75) is 75.0 Å². The van der Waals surface area contributed by atoms with E-state index in [9.17, 15) is 0 Å². The summed E-state index contributed by atoms with van der Waals surface area (Å²) < 4.78 is 9.60. The fraction of sp³-hybridized carbons (Fsp3) is 0.357. The normalized spacial score (nSPS) is 37.0. The standard InChI is InChI=1S/C56H45BN2O/c1-2-7-30(8-3-1)31-16-41-39-9-6-12-49-52(39)59(46-10-4-5-11-48(46)60-49)57-44-22-34(53-25-37-18-35-19-38(26-53)56(35,37)29-53)21-42-40-20-33(13-14-45(40)58(51(42)44)47(17-31)50(41)57)54-24-36-15-32-23-55(36,28-54)43(32)27-54/h1-14,16-17,20-22,32,35-38,43H,15,18-19,23-29H2. The van der Waals surface area contributed by atoms with Crippen molar-refractivity contribution in [1.82, 2.24) is 4.57 Å². The molecule has 5 bridgehead atoms. The Labute approximate surface area is 350 Å². The Balaban J connectivity index is 0.971. The van der Waals surface area contributed by atoms with Gasteiger partial charge in [-0.05, 0) is 209 Å². The van der Waals surface area contributed by atoms with Crippen molar-refractivity contribution in [2.75, 3.05) is 4.81 Å². The lowest BCUT2D eigenvalue weighted by Crippen LogP contribution is -2.61. The lowest BCUT2D eigenvalue weighted by molar-refractivity contribution is -0.175. The third-order valence-electron chi connectivity index (χ3n) is 20.9. The molecule has 6 aromatic carbocycles. The zero-order valence-corrected chi connectivity index (χ0v) is 33.9. The number of fused-ring (bicyclic) bond motifs is 11. The van der Waals surface area contributed by atoms with Crippen LogP contribution in [0.3, 0.4) is 0 Å². The largest absolute Gasteiger partial charge is 0.453 e. The molecule has 0 radical (unpaired) electrons. The molecule has 9 fully saturated rings. The van der Waals surface area contributed by atoms with Crippen LogP contribution in [0.4, 0.5) is 11.4 Å². The van der Waals surface area contributed by atoms with Crippen LogP contribution in [0.1, 0.15) is 75.3 Å². The van der Waals surface area contributed by atoms with Gasteiger partial charge >= 0.3 is 6.85 Å². The fourth-order valence-corrected chi connectivity index (χ4v) is 19.1.